The van der Waals surface area contributed by atoms with Crippen LogP contribution in [0.1, 0.15) is 31.2 Å². The fourth-order valence-corrected chi connectivity index (χ4v) is 1.62. The summed E-state index contributed by atoms with van der Waals surface area (Å²) >= 11 is 0. The Balaban J connectivity index is 2.18. The van der Waals surface area contributed by atoms with Gasteiger partial charge in [0.15, 0.2) is 0 Å². The molecule has 1 nitrogen and oxygen atoms in total. The number of hydrogen-bond acceptors (Lipinski definition) is 1. The van der Waals surface area contributed by atoms with Gasteiger partial charge in [0.2, 0.25) is 0 Å². The van der Waals surface area contributed by atoms with Crippen molar-refractivity contribution in [3.8, 4) is 5.75 Å². The van der Waals surface area contributed by atoms with E-state index in [4.69, 9.17) is 4.74 Å². The lowest BCUT2D eigenvalue weighted by atomic mass is 10.1. The third-order valence-electron chi connectivity index (χ3n) is 2.58. The average Bonchev–Trinajstić information content (AvgIpc) is 2.28. The van der Waals surface area contributed by atoms with E-state index in [-0.39, 0.29) is 6.42 Å². The summed E-state index contributed by atoms with van der Waals surface area (Å²) in [5.74, 6) is 0.797. The Morgan fingerprint density at radius 2 is 1.65 bits per heavy atom. The van der Waals surface area contributed by atoms with Crippen LogP contribution in [-0.2, 0) is 6.42 Å². The molecular formula is C13H17F3O. The minimum Gasteiger partial charge on any atom is -0.497 e. The molecule has 0 saturated heterocycles. The maximum Gasteiger partial charge on any atom is 0.389 e. The summed E-state index contributed by atoms with van der Waals surface area (Å²) in [5.41, 5.74) is 1.14. The number of methoxy groups -OCH3 is 1. The highest BCUT2D eigenvalue weighted by atomic mass is 19.4. The molecule has 0 saturated carbocycles. The number of ether oxygens (including phenoxy) is 1. The molecule has 1 rings (SSSR count). The smallest absolute Gasteiger partial charge is 0.389 e. The molecule has 0 aliphatic rings. The fraction of sp³-hybridized carbons (Fsp3) is 0.538. The normalized spacial score (nSPS) is 11.5. The van der Waals surface area contributed by atoms with E-state index in [1.807, 2.05) is 24.3 Å². The van der Waals surface area contributed by atoms with Gasteiger partial charge < -0.3 is 4.74 Å². The Bertz CT molecular complexity index is 316. The Hall–Kier alpha value is -1.19. The lowest BCUT2D eigenvalue weighted by Gasteiger charge is -2.06. The summed E-state index contributed by atoms with van der Waals surface area (Å²) in [7, 11) is 1.60. The minimum atomic E-state index is -4.01. The molecule has 4 heteroatoms. The molecule has 0 atom stereocenters. The Morgan fingerprint density at radius 3 is 2.18 bits per heavy atom. The molecule has 1 aromatic carbocycles. The van der Waals surface area contributed by atoms with Crippen LogP contribution in [0.25, 0.3) is 0 Å². The number of halogens is 3. The van der Waals surface area contributed by atoms with Gasteiger partial charge in [-0.15, -0.1) is 0 Å². The lowest BCUT2D eigenvalue weighted by Crippen LogP contribution is -2.06. The van der Waals surface area contributed by atoms with Gasteiger partial charge in [-0.2, -0.15) is 13.2 Å². The van der Waals surface area contributed by atoms with Gasteiger partial charge in [0.05, 0.1) is 7.11 Å². The number of alkyl halides is 3. The second-order valence-electron chi connectivity index (χ2n) is 4.02. The zero-order chi connectivity index (χ0) is 12.7. The van der Waals surface area contributed by atoms with Gasteiger partial charge in [-0.25, -0.2) is 0 Å². The van der Waals surface area contributed by atoms with E-state index in [0.29, 0.717) is 6.42 Å². The molecule has 0 heterocycles. The van der Waals surface area contributed by atoms with Gasteiger partial charge >= 0.3 is 6.18 Å². The minimum absolute atomic E-state index is 0.222. The highest BCUT2D eigenvalue weighted by Crippen LogP contribution is 2.23. The van der Waals surface area contributed by atoms with Crippen LogP contribution in [0.5, 0.6) is 5.75 Å². The first kappa shape index (κ1) is 13.9. The first-order valence-electron chi connectivity index (χ1n) is 5.71. The molecule has 0 aliphatic heterocycles. The zero-order valence-electron chi connectivity index (χ0n) is 9.89. The van der Waals surface area contributed by atoms with Crippen LogP contribution in [0.4, 0.5) is 13.2 Å². The monoisotopic (exact) mass is 246 g/mol. The standard InChI is InChI=1S/C13H17F3O/c1-17-12-8-6-11(7-9-12)5-3-2-4-10-13(14,15)16/h6-9H,2-5,10H2,1H3. The van der Waals surface area contributed by atoms with Crippen molar-refractivity contribution >= 4 is 0 Å². The molecule has 0 N–H and O–H groups in total. The Morgan fingerprint density at radius 1 is 1.00 bits per heavy atom. The van der Waals surface area contributed by atoms with Crippen LogP contribution in [0.3, 0.4) is 0 Å². The van der Waals surface area contributed by atoms with E-state index < -0.39 is 12.6 Å². The van der Waals surface area contributed by atoms with Gasteiger partial charge in [-0.05, 0) is 37.0 Å². The molecule has 0 spiro atoms. The van der Waals surface area contributed by atoms with Crippen molar-refractivity contribution in [1.29, 1.82) is 0 Å². The summed E-state index contributed by atoms with van der Waals surface area (Å²) in [4.78, 5) is 0. The number of benzene rings is 1. The highest BCUT2D eigenvalue weighted by Gasteiger charge is 2.25. The second kappa shape index (κ2) is 6.52. The van der Waals surface area contributed by atoms with E-state index in [2.05, 4.69) is 0 Å². The molecule has 0 amide bonds. The lowest BCUT2D eigenvalue weighted by molar-refractivity contribution is -0.135. The molecule has 0 fully saturated rings. The van der Waals surface area contributed by atoms with Crippen LogP contribution in [0, 0.1) is 0 Å². The van der Waals surface area contributed by atoms with E-state index >= 15 is 0 Å². The fourth-order valence-electron chi connectivity index (χ4n) is 1.62. The largest absolute Gasteiger partial charge is 0.497 e. The molecule has 17 heavy (non-hydrogen) atoms. The average molecular weight is 246 g/mol. The predicted octanol–water partition coefficient (Wildman–Crippen LogP) is 4.36. The van der Waals surface area contributed by atoms with Crippen LogP contribution in [0.2, 0.25) is 0 Å². The van der Waals surface area contributed by atoms with Gasteiger partial charge in [0.1, 0.15) is 5.75 Å². The SMILES string of the molecule is COc1ccc(CCCCCC(F)(F)F)cc1. The number of hydrogen-bond donors (Lipinski definition) is 0. The van der Waals surface area contributed by atoms with E-state index in [1.165, 1.54) is 0 Å². The number of aryl methyl sites for hydroxylation is 1. The van der Waals surface area contributed by atoms with Crippen LogP contribution in [-0.4, -0.2) is 13.3 Å². The van der Waals surface area contributed by atoms with Crippen molar-refractivity contribution in [2.75, 3.05) is 7.11 Å². The third-order valence-corrected chi connectivity index (χ3v) is 2.58. The molecule has 0 radical (unpaired) electrons. The second-order valence-corrected chi connectivity index (χ2v) is 4.02. The molecule has 0 unspecified atom stereocenters. The first-order valence-corrected chi connectivity index (χ1v) is 5.71. The van der Waals surface area contributed by atoms with Crippen LogP contribution >= 0.6 is 0 Å². The maximum absolute atomic E-state index is 11.9. The van der Waals surface area contributed by atoms with Crippen molar-refractivity contribution in [3.05, 3.63) is 29.8 Å². The van der Waals surface area contributed by atoms with Crippen molar-refractivity contribution in [2.45, 2.75) is 38.3 Å². The quantitative estimate of drug-likeness (QED) is 0.677. The van der Waals surface area contributed by atoms with Crippen molar-refractivity contribution in [2.24, 2.45) is 0 Å². The topological polar surface area (TPSA) is 9.23 Å². The van der Waals surface area contributed by atoms with E-state index in [9.17, 15) is 13.2 Å². The molecule has 0 aromatic heterocycles. The zero-order valence-corrected chi connectivity index (χ0v) is 9.89. The Kier molecular flexibility index (Phi) is 5.32. The summed E-state index contributed by atoms with van der Waals surface area (Å²) in [5, 5.41) is 0. The van der Waals surface area contributed by atoms with Crippen LogP contribution < -0.4 is 4.74 Å². The molecule has 0 aliphatic carbocycles. The van der Waals surface area contributed by atoms with Crippen molar-refractivity contribution < 1.29 is 17.9 Å². The van der Waals surface area contributed by atoms with Crippen molar-refractivity contribution in [3.63, 3.8) is 0 Å². The first-order chi connectivity index (χ1) is 8.01. The van der Waals surface area contributed by atoms with Gasteiger partial charge in [-0.1, -0.05) is 18.6 Å². The summed E-state index contributed by atoms with van der Waals surface area (Å²) in [6, 6.07) is 7.63. The highest BCUT2D eigenvalue weighted by molar-refractivity contribution is 5.27. The molecule has 96 valence electrons. The van der Waals surface area contributed by atoms with Gasteiger partial charge in [0, 0.05) is 6.42 Å². The van der Waals surface area contributed by atoms with Gasteiger partial charge in [-0.3, -0.25) is 0 Å². The van der Waals surface area contributed by atoms with E-state index in [0.717, 1.165) is 24.2 Å². The third kappa shape index (κ3) is 6.19. The van der Waals surface area contributed by atoms with Gasteiger partial charge in [0.25, 0.3) is 0 Å². The summed E-state index contributed by atoms with van der Waals surface area (Å²) < 4.78 is 40.7. The van der Waals surface area contributed by atoms with Crippen LogP contribution in [0.15, 0.2) is 24.3 Å². The Labute approximate surface area is 99.6 Å². The summed E-state index contributed by atoms with van der Waals surface area (Å²) in [6.07, 6.45) is -2.23. The molecular weight excluding hydrogens is 229 g/mol. The molecule has 0 bridgehead atoms. The maximum atomic E-state index is 11.9. The number of rotatable bonds is 6. The van der Waals surface area contributed by atoms with E-state index in [1.54, 1.807) is 7.11 Å². The predicted molar refractivity (Wildman–Crippen MR) is 61.2 cm³/mol. The molecule has 1 aromatic rings. The number of unbranched alkanes of at least 4 members (excludes halogenated alkanes) is 2. The van der Waals surface area contributed by atoms with Crippen molar-refractivity contribution in [1.82, 2.24) is 0 Å². The summed E-state index contributed by atoms with van der Waals surface area (Å²) in [6.45, 7) is 0.